The van der Waals surface area contributed by atoms with Crippen LogP contribution in [-0.4, -0.2) is 54.1 Å². The Morgan fingerprint density at radius 3 is 2.66 bits per heavy atom. The van der Waals surface area contributed by atoms with Gasteiger partial charge in [0.25, 0.3) is 5.91 Å². The largest absolute Gasteiger partial charge is 0.369 e. The fraction of sp³-hybridized carbons (Fsp3) is 0.350. The number of anilines is 1. The molecule has 0 saturated heterocycles. The Morgan fingerprint density at radius 1 is 1.22 bits per heavy atom. The maximum Gasteiger partial charge on any atom is 0.274 e. The van der Waals surface area contributed by atoms with E-state index in [1.165, 1.54) is 25.2 Å². The average Bonchev–Trinajstić information content (AvgIpc) is 2.74. The number of pyridine rings is 1. The van der Waals surface area contributed by atoms with E-state index in [9.17, 15) is 26.4 Å². The standard InChI is InChI=1S/C20H20F3N5O3S/c1-28-20(24)27-18-14(6-11(22)7-17(18)32(28,30)31)13-8-12(3-4-15(13)23)26-19(29)16-5-2-10(21)9-25-16/h2-5,8-9,11,14,17-18H,6-7H2,1H3,(H2,24,27)(H,26,29). The molecular weight excluding hydrogens is 447 g/mol. The van der Waals surface area contributed by atoms with E-state index < -0.39 is 50.9 Å². The Morgan fingerprint density at radius 2 is 1.97 bits per heavy atom. The van der Waals surface area contributed by atoms with E-state index in [1.54, 1.807) is 0 Å². The number of rotatable bonds is 3. The topological polar surface area (TPSA) is 118 Å². The minimum Gasteiger partial charge on any atom is -0.369 e. The number of nitrogens with two attached hydrogens (primary N) is 1. The van der Waals surface area contributed by atoms with Gasteiger partial charge in [-0.2, -0.15) is 0 Å². The Bertz CT molecular complexity index is 1190. The van der Waals surface area contributed by atoms with Crippen LogP contribution in [0, 0.1) is 11.6 Å². The zero-order valence-corrected chi connectivity index (χ0v) is 17.7. The number of benzene rings is 1. The van der Waals surface area contributed by atoms with Crippen LogP contribution in [0.4, 0.5) is 18.9 Å². The molecule has 0 spiro atoms. The molecule has 1 saturated carbocycles. The molecule has 0 bridgehead atoms. The predicted molar refractivity (Wildman–Crippen MR) is 111 cm³/mol. The van der Waals surface area contributed by atoms with Crippen LogP contribution in [0.2, 0.25) is 0 Å². The third kappa shape index (κ3) is 3.90. The van der Waals surface area contributed by atoms with Crippen LogP contribution in [-0.2, 0) is 10.0 Å². The van der Waals surface area contributed by atoms with E-state index in [0.29, 0.717) is 0 Å². The number of hydrogen-bond acceptors (Lipinski definition) is 6. The maximum absolute atomic E-state index is 14.8. The van der Waals surface area contributed by atoms with Gasteiger partial charge in [0.15, 0.2) is 0 Å². The number of aromatic nitrogens is 1. The first-order valence-corrected chi connectivity index (χ1v) is 11.3. The number of nitrogens with one attached hydrogen (secondary N) is 1. The summed E-state index contributed by atoms with van der Waals surface area (Å²) in [5.74, 6) is -3.11. The smallest absolute Gasteiger partial charge is 0.274 e. The number of alkyl halides is 1. The quantitative estimate of drug-likeness (QED) is 0.717. The molecule has 4 unspecified atom stereocenters. The fourth-order valence-corrected chi connectivity index (χ4v) is 5.89. The van der Waals surface area contributed by atoms with Gasteiger partial charge >= 0.3 is 0 Å². The third-order valence-electron chi connectivity index (χ3n) is 5.77. The van der Waals surface area contributed by atoms with Gasteiger partial charge in [0.2, 0.25) is 16.0 Å². The highest BCUT2D eigenvalue weighted by atomic mass is 32.2. The lowest BCUT2D eigenvalue weighted by atomic mass is 9.78. The SMILES string of the molecule is CN1C(N)=NC2C(c3cc(NC(=O)c4ccc(F)cn4)ccc3F)CC(F)CC2S1(=O)=O. The summed E-state index contributed by atoms with van der Waals surface area (Å²) in [4.78, 5) is 20.3. The number of carbonyl (C=O) groups is 1. The molecule has 2 aromatic rings. The van der Waals surface area contributed by atoms with Crippen LogP contribution in [0.3, 0.4) is 0 Å². The summed E-state index contributed by atoms with van der Waals surface area (Å²) in [5.41, 5.74) is 5.91. The molecule has 1 fully saturated rings. The van der Waals surface area contributed by atoms with Crippen molar-refractivity contribution in [3.63, 3.8) is 0 Å². The molecule has 1 aromatic heterocycles. The van der Waals surface area contributed by atoms with Crippen molar-refractivity contribution in [3.05, 3.63) is 59.4 Å². The van der Waals surface area contributed by atoms with Crippen molar-refractivity contribution in [2.45, 2.75) is 36.2 Å². The molecule has 2 heterocycles. The van der Waals surface area contributed by atoms with Crippen molar-refractivity contribution in [2.24, 2.45) is 10.7 Å². The van der Waals surface area contributed by atoms with Gasteiger partial charge in [-0.15, -0.1) is 0 Å². The van der Waals surface area contributed by atoms with Crippen LogP contribution in [0.15, 0.2) is 41.5 Å². The average molecular weight is 467 g/mol. The number of carbonyl (C=O) groups excluding carboxylic acids is 1. The summed E-state index contributed by atoms with van der Waals surface area (Å²) in [6.07, 6.45) is -1.01. The van der Waals surface area contributed by atoms with Gasteiger partial charge in [0.05, 0.1) is 12.2 Å². The second-order valence-electron chi connectivity index (χ2n) is 7.76. The van der Waals surface area contributed by atoms with Crippen LogP contribution in [0.1, 0.15) is 34.8 Å². The Balaban J connectivity index is 1.68. The highest BCUT2D eigenvalue weighted by Crippen LogP contribution is 2.43. The van der Waals surface area contributed by atoms with Crippen molar-refractivity contribution >= 4 is 27.6 Å². The predicted octanol–water partition coefficient (Wildman–Crippen LogP) is 2.15. The lowest BCUT2D eigenvalue weighted by Crippen LogP contribution is -2.56. The molecule has 8 nitrogen and oxygen atoms in total. The molecule has 1 aliphatic heterocycles. The van der Waals surface area contributed by atoms with Gasteiger partial charge in [0, 0.05) is 18.7 Å². The molecule has 1 aromatic carbocycles. The Labute approximate surface area is 182 Å². The lowest BCUT2D eigenvalue weighted by molar-refractivity contribution is 0.102. The number of hydrogen-bond donors (Lipinski definition) is 2. The molecule has 3 N–H and O–H groups in total. The van der Waals surface area contributed by atoms with Crippen LogP contribution in [0.25, 0.3) is 0 Å². The highest BCUT2D eigenvalue weighted by molar-refractivity contribution is 7.90. The molecule has 2 aliphatic rings. The number of amides is 1. The van der Waals surface area contributed by atoms with Crippen molar-refractivity contribution in [1.82, 2.24) is 9.29 Å². The zero-order valence-electron chi connectivity index (χ0n) is 16.9. The first-order chi connectivity index (χ1) is 15.1. The zero-order chi connectivity index (χ0) is 23.2. The molecule has 1 amide bonds. The van der Waals surface area contributed by atoms with Crippen molar-refractivity contribution < 1.29 is 26.4 Å². The fourth-order valence-electron chi connectivity index (χ4n) is 4.12. The second-order valence-corrected chi connectivity index (χ2v) is 9.94. The van der Waals surface area contributed by atoms with E-state index in [-0.39, 0.29) is 35.7 Å². The molecule has 12 heteroatoms. The Kier molecular flexibility index (Phi) is 5.57. The molecular formula is C20H20F3N5O3S. The highest BCUT2D eigenvalue weighted by Gasteiger charge is 2.50. The minimum absolute atomic E-state index is 0.0171. The molecule has 0 radical (unpaired) electrons. The van der Waals surface area contributed by atoms with Crippen molar-refractivity contribution in [2.75, 3.05) is 12.4 Å². The van der Waals surface area contributed by atoms with E-state index in [0.717, 1.165) is 22.6 Å². The van der Waals surface area contributed by atoms with E-state index in [1.807, 2.05) is 0 Å². The van der Waals surface area contributed by atoms with Gasteiger partial charge < -0.3 is 11.1 Å². The van der Waals surface area contributed by atoms with Crippen LogP contribution >= 0.6 is 0 Å². The first-order valence-electron chi connectivity index (χ1n) is 9.75. The van der Waals surface area contributed by atoms with Crippen molar-refractivity contribution in [3.8, 4) is 0 Å². The normalized spacial score (nSPS) is 26.8. The van der Waals surface area contributed by atoms with Crippen LogP contribution in [0.5, 0.6) is 0 Å². The first kappa shape index (κ1) is 22.1. The van der Waals surface area contributed by atoms with E-state index in [4.69, 9.17) is 5.73 Å². The molecule has 32 heavy (non-hydrogen) atoms. The van der Waals surface area contributed by atoms with E-state index >= 15 is 0 Å². The summed E-state index contributed by atoms with van der Waals surface area (Å²) >= 11 is 0. The number of guanidine groups is 1. The molecule has 1 aliphatic carbocycles. The molecule has 4 atom stereocenters. The Hall–Kier alpha value is -3.15. The van der Waals surface area contributed by atoms with Gasteiger partial charge in [-0.05, 0) is 48.7 Å². The third-order valence-corrected chi connectivity index (χ3v) is 7.96. The maximum atomic E-state index is 14.8. The summed E-state index contributed by atoms with van der Waals surface area (Å²) in [5, 5.41) is 1.34. The number of aliphatic imine (C=N–C) groups is 1. The van der Waals surface area contributed by atoms with E-state index in [2.05, 4.69) is 15.3 Å². The number of fused-ring (bicyclic) bond motifs is 1. The van der Waals surface area contributed by atoms with Gasteiger partial charge in [-0.1, -0.05) is 0 Å². The molecule has 170 valence electrons. The second kappa shape index (κ2) is 8.08. The number of sulfonamides is 1. The van der Waals surface area contributed by atoms with Gasteiger partial charge in [-0.3, -0.25) is 4.79 Å². The summed E-state index contributed by atoms with van der Waals surface area (Å²) < 4.78 is 68.7. The molecule has 4 rings (SSSR count). The number of halogens is 3. The van der Waals surface area contributed by atoms with Crippen LogP contribution < -0.4 is 11.1 Å². The summed E-state index contributed by atoms with van der Waals surface area (Å²) in [6.45, 7) is 0. The minimum atomic E-state index is -3.96. The van der Waals surface area contributed by atoms with Gasteiger partial charge in [0.1, 0.15) is 28.7 Å². The number of nitrogens with zero attached hydrogens (tertiary/aromatic N) is 3. The summed E-state index contributed by atoms with van der Waals surface area (Å²) in [7, 11) is -2.72. The van der Waals surface area contributed by atoms with Gasteiger partial charge in [-0.25, -0.2) is 35.9 Å². The lowest BCUT2D eigenvalue weighted by Gasteiger charge is -2.42. The summed E-state index contributed by atoms with van der Waals surface area (Å²) in [6, 6.07) is 5.00. The monoisotopic (exact) mass is 467 g/mol. The van der Waals surface area contributed by atoms with Crippen molar-refractivity contribution in [1.29, 1.82) is 0 Å².